The normalized spacial score (nSPS) is 24.0. The van der Waals surface area contributed by atoms with Crippen LogP contribution in [0.1, 0.15) is 23.2 Å². The molecule has 2 amide bonds. The smallest absolute Gasteiger partial charge is 0.335 e. The number of carboxylic acids is 1. The van der Waals surface area contributed by atoms with E-state index in [0.29, 0.717) is 18.8 Å². The number of fused-ring (bicyclic) bond motifs is 2. The third-order valence-electron chi connectivity index (χ3n) is 3.79. The molecule has 6 nitrogen and oxygen atoms in total. The molecule has 0 aliphatic carbocycles. The number of ether oxygens (including phenoxy) is 1. The van der Waals surface area contributed by atoms with Crippen molar-refractivity contribution < 1.29 is 19.4 Å². The van der Waals surface area contributed by atoms with E-state index in [1.54, 1.807) is 4.90 Å². The van der Waals surface area contributed by atoms with Crippen molar-refractivity contribution in [1.29, 1.82) is 0 Å². The molecular formula is C14H15ClN2O4. The van der Waals surface area contributed by atoms with Gasteiger partial charge in [-0.05, 0) is 31.0 Å². The summed E-state index contributed by atoms with van der Waals surface area (Å²) in [7, 11) is 0. The van der Waals surface area contributed by atoms with E-state index in [2.05, 4.69) is 5.32 Å². The van der Waals surface area contributed by atoms with Crippen molar-refractivity contribution in [2.24, 2.45) is 0 Å². The van der Waals surface area contributed by atoms with Crippen molar-refractivity contribution in [2.45, 2.75) is 25.0 Å². The van der Waals surface area contributed by atoms with Gasteiger partial charge in [-0.1, -0.05) is 11.6 Å². The Kier molecular flexibility index (Phi) is 3.73. The standard InChI is InChI=1S/C14H15ClN2O4/c15-11-5-8(13(18)19)1-4-12(11)16-14(20)17-6-9-2-3-10(7-17)21-9/h1,4-5,9-10H,2-3,6-7H2,(H,16,20)(H,18,19). The van der Waals surface area contributed by atoms with E-state index in [1.807, 2.05) is 0 Å². The predicted octanol–water partition coefficient (Wildman–Crippen LogP) is 2.43. The quantitative estimate of drug-likeness (QED) is 0.879. The molecule has 2 bridgehead atoms. The van der Waals surface area contributed by atoms with Crippen molar-refractivity contribution >= 4 is 29.3 Å². The fraction of sp³-hybridized carbons (Fsp3) is 0.429. The summed E-state index contributed by atoms with van der Waals surface area (Å²) in [5.74, 6) is -1.06. The molecule has 0 spiro atoms. The molecular weight excluding hydrogens is 296 g/mol. The molecule has 1 aromatic rings. The second-order valence-electron chi connectivity index (χ2n) is 5.29. The Labute approximate surface area is 126 Å². The monoisotopic (exact) mass is 310 g/mol. The number of carboxylic acid groups (broad SMARTS) is 1. The number of amides is 2. The topological polar surface area (TPSA) is 78.9 Å². The second-order valence-corrected chi connectivity index (χ2v) is 5.70. The van der Waals surface area contributed by atoms with Crippen molar-refractivity contribution in [2.75, 3.05) is 18.4 Å². The van der Waals surface area contributed by atoms with Gasteiger partial charge in [-0.15, -0.1) is 0 Å². The molecule has 21 heavy (non-hydrogen) atoms. The van der Waals surface area contributed by atoms with E-state index in [-0.39, 0.29) is 28.8 Å². The first-order chi connectivity index (χ1) is 10.0. The van der Waals surface area contributed by atoms with Crippen LogP contribution in [-0.2, 0) is 4.74 Å². The van der Waals surface area contributed by atoms with Crippen LogP contribution in [0.25, 0.3) is 0 Å². The van der Waals surface area contributed by atoms with Crippen LogP contribution in [-0.4, -0.2) is 47.3 Å². The number of nitrogens with one attached hydrogen (secondary N) is 1. The van der Waals surface area contributed by atoms with Crippen molar-refractivity contribution in [3.05, 3.63) is 28.8 Å². The van der Waals surface area contributed by atoms with Crippen LogP contribution in [0.3, 0.4) is 0 Å². The van der Waals surface area contributed by atoms with Gasteiger partial charge < -0.3 is 20.1 Å². The molecule has 1 aromatic carbocycles. The fourth-order valence-corrected chi connectivity index (χ4v) is 2.95. The summed E-state index contributed by atoms with van der Waals surface area (Å²) < 4.78 is 5.68. The lowest BCUT2D eigenvalue weighted by Gasteiger charge is -2.32. The summed E-state index contributed by atoms with van der Waals surface area (Å²) in [4.78, 5) is 24.8. The minimum Gasteiger partial charge on any atom is -0.478 e. The third kappa shape index (κ3) is 2.96. The Balaban J connectivity index is 1.68. The highest BCUT2D eigenvalue weighted by Gasteiger charge is 2.35. The zero-order valence-corrected chi connectivity index (χ0v) is 12.0. The summed E-state index contributed by atoms with van der Waals surface area (Å²) in [6.45, 7) is 1.15. The van der Waals surface area contributed by atoms with Gasteiger partial charge in [0.25, 0.3) is 0 Å². The molecule has 2 saturated heterocycles. The number of aromatic carboxylic acids is 1. The summed E-state index contributed by atoms with van der Waals surface area (Å²) >= 11 is 6.00. The predicted molar refractivity (Wildman–Crippen MR) is 76.9 cm³/mol. The molecule has 3 rings (SSSR count). The molecule has 2 heterocycles. The van der Waals surface area contributed by atoms with Gasteiger partial charge >= 0.3 is 12.0 Å². The highest BCUT2D eigenvalue weighted by atomic mass is 35.5. The van der Waals surface area contributed by atoms with Gasteiger partial charge in [-0.3, -0.25) is 0 Å². The van der Waals surface area contributed by atoms with Crippen LogP contribution >= 0.6 is 11.6 Å². The van der Waals surface area contributed by atoms with Crippen LogP contribution in [0.4, 0.5) is 10.5 Å². The number of carbonyl (C=O) groups excluding carboxylic acids is 1. The number of likely N-dealkylation sites (tertiary alicyclic amines) is 1. The lowest BCUT2D eigenvalue weighted by Crippen LogP contribution is -2.47. The fourth-order valence-electron chi connectivity index (χ4n) is 2.72. The first-order valence-electron chi connectivity index (χ1n) is 6.77. The second kappa shape index (κ2) is 5.54. The summed E-state index contributed by atoms with van der Waals surface area (Å²) in [6.07, 6.45) is 2.23. The Morgan fingerprint density at radius 2 is 1.95 bits per heavy atom. The molecule has 2 atom stereocenters. The van der Waals surface area contributed by atoms with Crippen molar-refractivity contribution in [3.8, 4) is 0 Å². The molecule has 0 saturated carbocycles. The summed E-state index contributed by atoms with van der Waals surface area (Å²) in [5, 5.41) is 11.8. The van der Waals surface area contributed by atoms with Gasteiger partial charge in [0.2, 0.25) is 0 Å². The lowest BCUT2D eigenvalue weighted by atomic mass is 10.2. The largest absolute Gasteiger partial charge is 0.478 e. The molecule has 112 valence electrons. The Hall–Kier alpha value is -1.79. The van der Waals surface area contributed by atoms with Crippen LogP contribution in [0, 0.1) is 0 Å². The number of halogens is 1. The summed E-state index contributed by atoms with van der Waals surface area (Å²) in [5.41, 5.74) is 0.493. The Morgan fingerprint density at radius 3 is 2.52 bits per heavy atom. The number of carbonyl (C=O) groups is 2. The molecule has 2 aliphatic heterocycles. The first kappa shape index (κ1) is 14.2. The van der Waals surface area contributed by atoms with Gasteiger partial charge in [0.15, 0.2) is 0 Å². The van der Waals surface area contributed by atoms with Crippen molar-refractivity contribution in [3.63, 3.8) is 0 Å². The Morgan fingerprint density at radius 1 is 1.29 bits per heavy atom. The number of hydrogen-bond acceptors (Lipinski definition) is 3. The van der Waals surface area contributed by atoms with Gasteiger partial charge in [-0.25, -0.2) is 9.59 Å². The number of anilines is 1. The maximum absolute atomic E-state index is 12.2. The lowest BCUT2D eigenvalue weighted by molar-refractivity contribution is -0.0219. The van der Waals surface area contributed by atoms with E-state index in [4.69, 9.17) is 21.4 Å². The number of hydrogen-bond donors (Lipinski definition) is 2. The van der Waals surface area contributed by atoms with Crippen LogP contribution in [0.5, 0.6) is 0 Å². The minimum atomic E-state index is -1.06. The number of rotatable bonds is 2. The van der Waals surface area contributed by atoms with Crippen LogP contribution in [0.2, 0.25) is 5.02 Å². The average Bonchev–Trinajstić information content (AvgIpc) is 2.79. The SMILES string of the molecule is O=C(O)c1ccc(NC(=O)N2CC3CCC(C2)O3)c(Cl)c1. The maximum Gasteiger partial charge on any atom is 0.335 e. The molecule has 7 heteroatoms. The van der Waals surface area contributed by atoms with E-state index in [0.717, 1.165) is 12.8 Å². The maximum atomic E-state index is 12.2. The van der Waals surface area contributed by atoms with E-state index < -0.39 is 5.97 Å². The third-order valence-corrected chi connectivity index (χ3v) is 4.10. The molecule has 0 aromatic heterocycles. The molecule has 2 fully saturated rings. The molecule has 2 aliphatic rings. The number of benzene rings is 1. The number of morpholine rings is 1. The average molecular weight is 311 g/mol. The van der Waals surface area contributed by atoms with Crippen LogP contribution in [0.15, 0.2) is 18.2 Å². The molecule has 0 radical (unpaired) electrons. The number of nitrogens with zero attached hydrogens (tertiary/aromatic N) is 1. The van der Waals surface area contributed by atoms with E-state index >= 15 is 0 Å². The van der Waals surface area contributed by atoms with E-state index in [1.165, 1.54) is 18.2 Å². The van der Waals surface area contributed by atoms with Gasteiger partial charge in [0.05, 0.1) is 28.5 Å². The first-order valence-corrected chi connectivity index (χ1v) is 7.15. The molecule has 2 N–H and O–H groups in total. The van der Waals surface area contributed by atoms with Crippen LogP contribution < -0.4 is 5.32 Å². The number of urea groups is 1. The van der Waals surface area contributed by atoms with Gasteiger partial charge in [0, 0.05) is 13.1 Å². The Bertz CT molecular complexity index is 580. The highest BCUT2D eigenvalue weighted by molar-refractivity contribution is 6.34. The van der Waals surface area contributed by atoms with E-state index in [9.17, 15) is 9.59 Å². The van der Waals surface area contributed by atoms with Gasteiger partial charge in [0.1, 0.15) is 0 Å². The minimum absolute atomic E-state index is 0.0856. The zero-order valence-electron chi connectivity index (χ0n) is 11.2. The summed E-state index contributed by atoms with van der Waals surface area (Å²) in [6, 6.07) is 3.99. The zero-order chi connectivity index (χ0) is 15.0. The van der Waals surface area contributed by atoms with Crippen molar-refractivity contribution in [1.82, 2.24) is 4.90 Å². The highest BCUT2D eigenvalue weighted by Crippen LogP contribution is 2.28. The van der Waals surface area contributed by atoms with Gasteiger partial charge in [-0.2, -0.15) is 0 Å². The molecule has 2 unspecified atom stereocenters.